The Morgan fingerprint density at radius 3 is 1.28 bits per heavy atom. The molecule has 2 N–H and O–H groups in total. The molecule has 2 atom stereocenters. The van der Waals surface area contributed by atoms with Gasteiger partial charge in [0, 0.05) is 5.41 Å². The maximum Gasteiger partial charge on any atom is 0.119 e. The highest BCUT2D eigenvalue weighted by Crippen LogP contribution is 2.33. The van der Waals surface area contributed by atoms with Gasteiger partial charge in [-0.2, -0.15) is 0 Å². The van der Waals surface area contributed by atoms with Gasteiger partial charge in [-0.1, -0.05) is 65.8 Å². The number of aliphatic hydroxyl groups is 2. The monoisotopic (exact) mass is 402 g/mol. The second-order valence-electron chi connectivity index (χ2n) is 7.42. The highest BCUT2D eigenvalue weighted by atomic mass is 16.5. The summed E-state index contributed by atoms with van der Waals surface area (Å²) in [5.74, 6) is 1.53. The normalized spacial score (nSPS) is 13.1. The van der Waals surface area contributed by atoms with E-state index in [-0.39, 0.29) is 5.41 Å². The lowest BCUT2D eigenvalue weighted by atomic mass is 9.78. The van der Waals surface area contributed by atoms with Crippen molar-refractivity contribution >= 4 is 0 Å². The molecule has 0 aliphatic heterocycles. The minimum Gasteiger partial charge on any atom is -0.491 e. The first kappa shape index (κ1) is 25.0. The average molecular weight is 403 g/mol. The van der Waals surface area contributed by atoms with Gasteiger partial charge in [0.25, 0.3) is 0 Å². The predicted octanol–water partition coefficient (Wildman–Crippen LogP) is 5.34. The van der Waals surface area contributed by atoms with E-state index in [0.717, 1.165) is 11.5 Å². The van der Waals surface area contributed by atoms with E-state index in [2.05, 4.69) is 38.1 Å². The molecule has 0 heterocycles. The Morgan fingerprint density at radius 1 is 0.690 bits per heavy atom. The summed E-state index contributed by atoms with van der Waals surface area (Å²) in [4.78, 5) is 0. The summed E-state index contributed by atoms with van der Waals surface area (Å²) >= 11 is 0. The molecule has 0 saturated heterocycles. The van der Waals surface area contributed by atoms with Gasteiger partial charge in [0.1, 0.15) is 24.7 Å². The van der Waals surface area contributed by atoms with Crippen LogP contribution in [-0.4, -0.2) is 35.6 Å². The summed E-state index contributed by atoms with van der Waals surface area (Å²) in [6.07, 6.45) is 0.505. The molecule has 0 amide bonds. The number of rotatable bonds is 10. The SMILES string of the molecule is CC.CCC(O)COc1ccc(C(C)(C)c2ccc(OCC(O)CC)cc2)cc1. The Morgan fingerprint density at radius 2 is 1.00 bits per heavy atom. The van der Waals surface area contributed by atoms with Crippen LogP contribution in [0, 0.1) is 0 Å². The fourth-order valence-corrected chi connectivity index (χ4v) is 2.72. The molecule has 0 aliphatic rings. The van der Waals surface area contributed by atoms with E-state index in [0.29, 0.717) is 26.1 Å². The van der Waals surface area contributed by atoms with Crippen molar-refractivity contribution in [3.8, 4) is 11.5 Å². The fourth-order valence-electron chi connectivity index (χ4n) is 2.72. The zero-order chi connectivity index (χ0) is 21.9. The Kier molecular flexibility index (Phi) is 10.8. The third kappa shape index (κ3) is 7.71. The summed E-state index contributed by atoms with van der Waals surface area (Å²) in [6.45, 7) is 12.9. The lowest BCUT2D eigenvalue weighted by Crippen LogP contribution is -2.19. The molecule has 0 bridgehead atoms. The summed E-state index contributed by atoms with van der Waals surface area (Å²) in [7, 11) is 0. The van der Waals surface area contributed by atoms with Crippen LogP contribution in [0.15, 0.2) is 48.5 Å². The number of benzene rings is 2. The highest BCUT2D eigenvalue weighted by molar-refractivity contribution is 5.41. The van der Waals surface area contributed by atoms with Crippen LogP contribution in [0.3, 0.4) is 0 Å². The van der Waals surface area contributed by atoms with Gasteiger partial charge < -0.3 is 19.7 Å². The van der Waals surface area contributed by atoms with E-state index in [1.165, 1.54) is 11.1 Å². The first-order chi connectivity index (χ1) is 13.9. The zero-order valence-corrected chi connectivity index (χ0v) is 18.8. The molecule has 2 aromatic carbocycles. The fraction of sp³-hybridized carbons (Fsp3) is 0.520. The summed E-state index contributed by atoms with van der Waals surface area (Å²) < 4.78 is 11.2. The molecule has 0 aromatic heterocycles. The molecule has 29 heavy (non-hydrogen) atoms. The van der Waals surface area contributed by atoms with Gasteiger partial charge in [0.05, 0.1) is 12.2 Å². The van der Waals surface area contributed by atoms with Crippen LogP contribution in [0.4, 0.5) is 0 Å². The van der Waals surface area contributed by atoms with Crippen LogP contribution in [-0.2, 0) is 5.41 Å². The minimum atomic E-state index is -0.430. The van der Waals surface area contributed by atoms with E-state index < -0.39 is 12.2 Å². The van der Waals surface area contributed by atoms with Gasteiger partial charge in [0.15, 0.2) is 0 Å². The molecule has 162 valence electrons. The van der Waals surface area contributed by atoms with Gasteiger partial charge >= 0.3 is 0 Å². The van der Waals surface area contributed by atoms with Crippen molar-refractivity contribution < 1.29 is 19.7 Å². The molecule has 0 saturated carbocycles. The van der Waals surface area contributed by atoms with Crippen LogP contribution < -0.4 is 9.47 Å². The van der Waals surface area contributed by atoms with E-state index in [9.17, 15) is 10.2 Å². The molecule has 0 aliphatic carbocycles. The van der Waals surface area contributed by atoms with Gasteiger partial charge in [-0.25, -0.2) is 0 Å². The van der Waals surface area contributed by atoms with Crippen molar-refractivity contribution in [2.45, 2.75) is 72.0 Å². The molecule has 2 rings (SSSR count). The smallest absolute Gasteiger partial charge is 0.119 e. The Hall–Kier alpha value is -2.04. The average Bonchev–Trinajstić information content (AvgIpc) is 2.77. The molecule has 2 aromatic rings. The Balaban J connectivity index is 0.00000204. The number of ether oxygens (including phenoxy) is 2. The van der Waals surface area contributed by atoms with Crippen molar-refractivity contribution in [2.75, 3.05) is 13.2 Å². The number of hydrogen-bond acceptors (Lipinski definition) is 4. The van der Waals surface area contributed by atoms with Crippen LogP contribution in [0.1, 0.15) is 65.5 Å². The third-order valence-electron chi connectivity index (χ3n) is 4.98. The lowest BCUT2D eigenvalue weighted by Gasteiger charge is -2.26. The molecular weight excluding hydrogens is 364 g/mol. The van der Waals surface area contributed by atoms with Crippen molar-refractivity contribution in [3.63, 3.8) is 0 Å². The first-order valence-electron chi connectivity index (χ1n) is 10.7. The first-order valence-corrected chi connectivity index (χ1v) is 10.7. The van der Waals surface area contributed by atoms with Crippen LogP contribution in [0.25, 0.3) is 0 Å². The van der Waals surface area contributed by atoms with Crippen molar-refractivity contribution in [2.24, 2.45) is 0 Å². The molecule has 2 unspecified atom stereocenters. The Labute approximate surface area is 176 Å². The van der Waals surface area contributed by atoms with Crippen molar-refractivity contribution in [1.82, 2.24) is 0 Å². The van der Waals surface area contributed by atoms with E-state index in [1.54, 1.807) is 0 Å². The van der Waals surface area contributed by atoms with E-state index >= 15 is 0 Å². The molecule has 0 radical (unpaired) electrons. The zero-order valence-electron chi connectivity index (χ0n) is 18.8. The standard InChI is InChI=1S/C23H32O4.C2H6/c1-5-19(24)15-26-21-11-7-17(8-12-21)23(3,4)18-9-13-22(14-10-18)27-16-20(25)6-2;1-2/h7-14,19-20,24-25H,5-6,15-16H2,1-4H3;1-2H3. The van der Waals surface area contributed by atoms with Crippen molar-refractivity contribution in [3.05, 3.63) is 59.7 Å². The quantitative estimate of drug-likeness (QED) is 0.563. The van der Waals surface area contributed by atoms with Crippen LogP contribution in [0.2, 0.25) is 0 Å². The van der Waals surface area contributed by atoms with Gasteiger partial charge in [-0.3, -0.25) is 0 Å². The van der Waals surface area contributed by atoms with E-state index in [1.807, 2.05) is 52.0 Å². The predicted molar refractivity (Wildman–Crippen MR) is 120 cm³/mol. The van der Waals surface area contributed by atoms with E-state index in [4.69, 9.17) is 9.47 Å². The summed E-state index contributed by atoms with van der Waals surface area (Å²) in [5.41, 5.74) is 2.20. The third-order valence-corrected chi connectivity index (χ3v) is 4.98. The Bertz CT molecular complexity index is 617. The highest BCUT2D eigenvalue weighted by Gasteiger charge is 2.23. The lowest BCUT2D eigenvalue weighted by molar-refractivity contribution is 0.104. The van der Waals surface area contributed by atoms with Gasteiger partial charge in [-0.15, -0.1) is 0 Å². The van der Waals surface area contributed by atoms with Crippen LogP contribution in [0.5, 0.6) is 11.5 Å². The van der Waals surface area contributed by atoms with Gasteiger partial charge in [-0.05, 0) is 48.2 Å². The largest absolute Gasteiger partial charge is 0.491 e. The number of aliphatic hydroxyl groups excluding tert-OH is 2. The second-order valence-corrected chi connectivity index (χ2v) is 7.42. The van der Waals surface area contributed by atoms with Crippen molar-refractivity contribution in [1.29, 1.82) is 0 Å². The minimum absolute atomic E-state index is 0.164. The maximum atomic E-state index is 9.61. The maximum absolute atomic E-state index is 9.61. The molecule has 0 fully saturated rings. The number of hydrogen-bond donors (Lipinski definition) is 2. The van der Waals surface area contributed by atoms with Crippen LogP contribution >= 0.6 is 0 Å². The molecular formula is C25H38O4. The summed E-state index contributed by atoms with van der Waals surface area (Å²) in [5, 5.41) is 19.2. The van der Waals surface area contributed by atoms with Gasteiger partial charge in [0.2, 0.25) is 0 Å². The summed E-state index contributed by atoms with van der Waals surface area (Å²) in [6, 6.07) is 16.1. The molecule has 4 nitrogen and oxygen atoms in total. The molecule has 0 spiro atoms. The molecule has 4 heteroatoms. The second kappa shape index (κ2) is 12.5. The topological polar surface area (TPSA) is 58.9 Å².